The summed E-state index contributed by atoms with van der Waals surface area (Å²) >= 11 is 0. The van der Waals surface area contributed by atoms with Crippen molar-refractivity contribution in [1.82, 2.24) is 25.8 Å². The number of nitrogens with two attached hydrogens (primary N) is 1. The number of hydrogen-bond acceptors (Lipinski definition) is 7. The Hall–Kier alpha value is -4.30. The van der Waals surface area contributed by atoms with Gasteiger partial charge >= 0.3 is 0 Å². The number of benzene rings is 2. The molecule has 0 aliphatic carbocycles. The molecule has 0 radical (unpaired) electrons. The Labute approximate surface area is 277 Å². The molecule has 2 aromatic rings. The van der Waals surface area contributed by atoms with E-state index in [0.717, 1.165) is 11.8 Å². The van der Waals surface area contributed by atoms with E-state index < -0.39 is 64.0 Å². The lowest BCUT2D eigenvalue weighted by atomic mass is 9.99. The predicted octanol–water partition coefficient (Wildman–Crippen LogP) is 0.901. The third kappa shape index (κ3) is 12.1. The molecule has 6 N–H and O–H groups in total. The van der Waals surface area contributed by atoms with Crippen LogP contribution < -0.4 is 31.5 Å². The first-order chi connectivity index (χ1) is 21.7. The maximum absolute atomic E-state index is 13.6. The van der Waals surface area contributed by atoms with E-state index in [4.69, 9.17) is 5.73 Å². The molecule has 14 heteroatoms. The number of carbonyl (C=O) groups excluding carboxylic acids is 5. The van der Waals surface area contributed by atoms with Gasteiger partial charge in [-0.2, -0.15) is 0 Å². The second-order valence-electron chi connectivity index (χ2n) is 13.3. The molecule has 2 rings (SSSR count). The number of nitrogens with zero attached hydrogens (tertiary/aromatic N) is 1. The number of nitrogens with one attached hydrogen (secondary N) is 4. The molecule has 0 aliphatic heterocycles. The van der Waals surface area contributed by atoms with Crippen LogP contribution in [0.15, 0.2) is 53.4 Å². The molecule has 0 saturated heterocycles. The maximum atomic E-state index is 13.6. The van der Waals surface area contributed by atoms with E-state index in [9.17, 15) is 32.4 Å². The van der Waals surface area contributed by atoms with Crippen molar-refractivity contribution in [3.8, 4) is 0 Å². The molecule has 2 aromatic carbocycles. The smallest absolute Gasteiger partial charge is 0.251 e. The molecule has 0 bridgehead atoms. The lowest BCUT2D eigenvalue weighted by Gasteiger charge is -2.27. The van der Waals surface area contributed by atoms with Crippen LogP contribution in [0.3, 0.4) is 0 Å². The predicted molar refractivity (Wildman–Crippen MR) is 181 cm³/mol. The normalized spacial score (nSPS) is 13.7. The fourth-order valence-corrected chi connectivity index (χ4v) is 5.90. The van der Waals surface area contributed by atoms with Crippen LogP contribution >= 0.6 is 0 Å². The van der Waals surface area contributed by atoms with Crippen molar-refractivity contribution in [2.24, 2.45) is 17.6 Å². The molecule has 0 aromatic heterocycles. The summed E-state index contributed by atoms with van der Waals surface area (Å²) in [5.41, 5.74) is 6.77. The molecular formula is C33H49N6O7S+. The second kappa shape index (κ2) is 16.5. The van der Waals surface area contributed by atoms with Crippen LogP contribution in [0, 0.1) is 11.8 Å². The van der Waals surface area contributed by atoms with Gasteiger partial charge in [-0.05, 0) is 36.0 Å². The van der Waals surface area contributed by atoms with Gasteiger partial charge in [0.15, 0.2) is 15.5 Å². The Bertz CT molecular complexity index is 1550. The Morgan fingerprint density at radius 3 is 1.96 bits per heavy atom. The summed E-state index contributed by atoms with van der Waals surface area (Å²) in [5, 5.41) is 10.5. The Morgan fingerprint density at radius 1 is 0.830 bits per heavy atom. The third-order valence-electron chi connectivity index (χ3n) is 7.30. The average Bonchev–Trinajstić information content (AvgIpc) is 2.96. The fourth-order valence-electron chi connectivity index (χ4n) is 4.84. The third-order valence-corrected chi connectivity index (χ3v) is 8.43. The Morgan fingerprint density at radius 2 is 1.45 bits per heavy atom. The van der Waals surface area contributed by atoms with E-state index in [1.54, 1.807) is 71.4 Å². The number of hydrogen-bond donors (Lipinski definition) is 5. The number of rotatable bonds is 16. The van der Waals surface area contributed by atoms with Crippen LogP contribution in [0.25, 0.3) is 0 Å². The summed E-state index contributed by atoms with van der Waals surface area (Å²) in [4.78, 5) is 64.7. The van der Waals surface area contributed by atoms with Crippen LogP contribution in [0.1, 0.15) is 50.0 Å². The molecule has 0 aliphatic rings. The molecule has 0 saturated carbocycles. The lowest BCUT2D eigenvalue weighted by Crippen LogP contribution is -2.58. The highest BCUT2D eigenvalue weighted by Crippen LogP contribution is 2.28. The summed E-state index contributed by atoms with van der Waals surface area (Å²) in [5.74, 6) is -3.57. The molecule has 0 fully saturated rings. The van der Waals surface area contributed by atoms with Crippen LogP contribution in [0.2, 0.25) is 0 Å². The number of sulfone groups is 1. The first-order valence-corrected chi connectivity index (χ1v) is 17.3. The number of amides is 5. The van der Waals surface area contributed by atoms with Crippen LogP contribution in [0.5, 0.6) is 0 Å². The minimum absolute atomic E-state index is 0.00297. The van der Waals surface area contributed by atoms with Crippen LogP contribution in [0.4, 0.5) is 5.69 Å². The van der Waals surface area contributed by atoms with E-state index in [1.807, 2.05) is 13.8 Å². The first kappa shape index (κ1) is 38.9. The quantitative estimate of drug-likeness (QED) is 0.163. The van der Waals surface area contributed by atoms with Gasteiger partial charge in [-0.3, -0.25) is 28.5 Å². The van der Waals surface area contributed by atoms with Gasteiger partial charge in [-0.1, -0.05) is 58.0 Å². The van der Waals surface area contributed by atoms with Crippen LogP contribution in [-0.4, -0.2) is 90.0 Å². The van der Waals surface area contributed by atoms with Gasteiger partial charge in [0.2, 0.25) is 23.6 Å². The van der Waals surface area contributed by atoms with E-state index >= 15 is 0 Å². The zero-order valence-electron chi connectivity index (χ0n) is 28.4. The fraction of sp³-hybridized carbons (Fsp3) is 0.485. The van der Waals surface area contributed by atoms with Gasteiger partial charge < -0.3 is 27.0 Å². The van der Waals surface area contributed by atoms with Crippen molar-refractivity contribution in [2.45, 2.75) is 63.6 Å². The van der Waals surface area contributed by atoms with Gasteiger partial charge in [0, 0.05) is 24.3 Å². The molecule has 0 spiro atoms. The van der Waals surface area contributed by atoms with Crippen LogP contribution in [-0.2, 0) is 35.4 Å². The van der Waals surface area contributed by atoms with Gasteiger partial charge in [0.1, 0.15) is 23.0 Å². The molecule has 3 atom stereocenters. The summed E-state index contributed by atoms with van der Waals surface area (Å²) in [6.07, 6.45) is 1.47. The Kier molecular flexibility index (Phi) is 13.7. The van der Waals surface area contributed by atoms with Gasteiger partial charge in [-0.25, -0.2) is 8.42 Å². The standard InChI is InChI=1S/C33H48N6O7S/c1-20(2)16-24(30(34)41)37-33(44)29(21(3)4)38-32(43)25(17-22-12-10-9-11-13-22)36-28(40)19-35-31(42)23-14-15-26(39(5,6)7)27(18-23)47(8,45)46/h9-15,18,20-21,24-25,29H,16-17,19H2,1-8H3,(H5-,34,35,36,37,38,40,41,42,43,44)/p+1/t24-,25-,29-/m0/s1. The van der Waals surface area contributed by atoms with Crippen molar-refractivity contribution in [3.63, 3.8) is 0 Å². The topological polar surface area (TPSA) is 194 Å². The van der Waals surface area contributed by atoms with E-state index in [2.05, 4.69) is 21.3 Å². The van der Waals surface area contributed by atoms with Gasteiger partial charge in [0.25, 0.3) is 5.91 Å². The van der Waals surface area contributed by atoms with Crippen molar-refractivity contribution in [3.05, 3.63) is 59.7 Å². The minimum atomic E-state index is -3.67. The van der Waals surface area contributed by atoms with Crippen molar-refractivity contribution < 1.29 is 32.4 Å². The minimum Gasteiger partial charge on any atom is -0.368 e. The van der Waals surface area contributed by atoms with E-state index in [0.29, 0.717) is 12.1 Å². The number of primary amides is 1. The second-order valence-corrected chi connectivity index (χ2v) is 15.3. The lowest BCUT2D eigenvalue weighted by molar-refractivity contribution is -0.134. The summed E-state index contributed by atoms with van der Waals surface area (Å²) < 4.78 is 25.2. The molecule has 0 unspecified atom stereocenters. The summed E-state index contributed by atoms with van der Waals surface area (Å²) in [6.45, 7) is 6.73. The highest BCUT2D eigenvalue weighted by molar-refractivity contribution is 7.90. The SMILES string of the molecule is CC(C)C[C@H](NC(=O)[C@@H](NC(=O)[C@H](Cc1ccccc1)NC(=O)CNC(=O)c1ccc([N+](C)(C)C)c(S(C)(=O)=O)c1)C(C)C)C(N)=O. The maximum Gasteiger partial charge on any atom is 0.251 e. The van der Waals surface area contributed by atoms with Crippen molar-refractivity contribution in [2.75, 3.05) is 33.9 Å². The number of carbonyl (C=O) groups is 5. The van der Waals surface area contributed by atoms with E-state index in [1.165, 1.54) is 12.1 Å². The number of quaternary nitrogens is 1. The van der Waals surface area contributed by atoms with Crippen molar-refractivity contribution >= 4 is 45.1 Å². The summed E-state index contributed by atoms with van der Waals surface area (Å²) in [7, 11) is 1.74. The monoisotopic (exact) mass is 673 g/mol. The van der Waals surface area contributed by atoms with E-state index in [-0.39, 0.29) is 33.2 Å². The van der Waals surface area contributed by atoms with Gasteiger partial charge in [-0.15, -0.1) is 0 Å². The zero-order valence-corrected chi connectivity index (χ0v) is 29.2. The molecule has 0 heterocycles. The average molecular weight is 674 g/mol. The molecule has 258 valence electrons. The first-order valence-electron chi connectivity index (χ1n) is 15.4. The molecule has 13 nitrogen and oxygen atoms in total. The largest absolute Gasteiger partial charge is 0.368 e. The van der Waals surface area contributed by atoms with Gasteiger partial charge in [0.05, 0.1) is 27.7 Å². The van der Waals surface area contributed by atoms with Crippen molar-refractivity contribution in [1.29, 1.82) is 0 Å². The Balaban J connectivity index is 2.23. The highest BCUT2D eigenvalue weighted by atomic mass is 32.2. The summed E-state index contributed by atoms with van der Waals surface area (Å²) in [6, 6.07) is 10.2. The molecular weight excluding hydrogens is 624 g/mol. The molecule has 5 amide bonds. The zero-order chi connectivity index (χ0) is 35.7. The molecule has 47 heavy (non-hydrogen) atoms. The highest BCUT2D eigenvalue weighted by Gasteiger charge is 2.31.